The fourth-order valence-electron chi connectivity index (χ4n) is 3.12. The number of hydrogen-bond donors (Lipinski definition) is 0. The molecule has 1 unspecified atom stereocenters. The van der Waals surface area contributed by atoms with E-state index in [2.05, 4.69) is 14.9 Å². The fourth-order valence-corrected chi connectivity index (χ4v) is 3.12. The molecule has 0 spiro atoms. The van der Waals surface area contributed by atoms with Crippen LogP contribution in [0.3, 0.4) is 0 Å². The maximum absolute atomic E-state index is 12.6. The summed E-state index contributed by atoms with van der Waals surface area (Å²) in [6.45, 7) is 6.42. The SMILES string of the molecule is Cc1nccnc1N1CCCC(C(=O)N2CCOCC2)C1. The summed E-state index contributed by atoms with van der Waals surface area (Å²) in [5, 5.41) is 0. The molecule has 0 radical (unpaired) electrons. The zero-order valence-electron chi connectivity index (χ0n) is 12.5. The van der Waals surface area contributed by atoms with Crippen LogP contribution < -0.4 is 4.90 Å². The number of hydrogen-bond acceptors (Lipinski definition) is 5. The summed E-state index contributed by atoms with van der Waals surface area (Å²) in [7, 11) is 0. The van der Waals surface area contributed by atoms with Gasteiger partial charge in [-0.25, -0.2) is 4.98 Å². The molecule has 0 aliphatic carbocycles. The van der Waals surface area contributed by atoms with E-state index in [9.17, 15) is 4.79 Å². The van der Waals surface area contributed by atoms with Gasteiger partial charge in [0.25, 0.3) is 0 Å². The maximum Gasteiger partial charge on any atom is 0.227 e. The lowest BCUT2D eigenvalue weighted by Crippen LogP contribution is -2.48. The molecule has 114 valence electrons. The third kappa shape index (κ3) is 3.15. The van der Waals surface area contributed by atoms with Gasteiger partial charge in [-0.15, -0.1) is 0 Å². The molecule has 0 saturated carbocycles. The molecule has 1 atom stereocenters. The molecule has 0 aromatic carbocycles. The summed E-state index contributed by atoms with van der Waals surface area (Å²) in [5.74, 6) is 1.25. The maximum atomic E-state index is 12.6. The van der Waals surface area contributed by atoms with Gasteiger partial charge in [0.05, 0.1) is 24.8 Å². The minimum atomic E-state index is 0.0678. The number of amides is 1. The third-order valence-corrected chi connectivity index (χ3v) is 4.25. The molecule has 6 nitrogen and oxygen atoms in total. The number of ether oxygens (including phenoxy) is 1. The van der Waals surface area contributed by atoms with E-state index in [-0.39, 0.29) is 11.8 Å². The van der Waals surface area contributed by atoms with E-state index in [4.69, 9.17) is 4.74 Å². The number of anilines is 1. The molecule has 2 aliphatic heterocycles. The molecular formula is C15H22N4O2. The number of aromatic nitrogens is 2. The number of nitrogens with zero attached hydrogens (tertiary/aromatic N) is 4. The molecule has 2 aliphatic rings. The highest BCUT2D eigenvalue weighted by molar-refractivity contribution is 5.79. The van der Waals surface area contributed by atoms with Gasteiger partial charge < -0.3 is 14.5 Å². The van der Waals surface area contributed by atoms with Crippen LogP contribution in [0.2, 0.25) is 0 Å². The van der Waals surface area contributed by atoms with Crippen LogP contribution in [0.5, 0.6) is 0 Å². The Bertz CT molecular complexity index is 502. The molecule has 2 fully saturated rings. The number of aryl methyl sites for hydroxylation is 1. The zero-order chi connectivity index (χ0) is 14.7. The minimum absolute atomic E-state index is 0.0678. The van der Waals surface area contributed by atoms with Crippen LogP contribution in [0.15, 0.2) is 12.4 Å². The van der Waals surface area contributed by atoms with Crippen LogP contribution in [-0.4, -0.2) is 60.2 Å². The number of rotatable bonds is 2. The second-order valence-electron chi connectivity index (χ2n) is 5.69. The first-order chi connectivity index (χ1) is 10.3. The average Bonchev–Trinajstić information content (AvgIpc) is 2.55. The standard InChI is InChI=1S/C15H22N4O2/c1-12-14(17-5-4-16-12)19-6-2-3-13(11-19)15(20)18-7-9-21-10-8-18/h4-5,13H,2-3,6-11H2,1H3. The van der Waals surface area contributed by atoms with E-state index >= 15 is 0 Å². The predicted molar refractivity (Wildman–Crippen MR) is 79.1 cm³/mol. The number of carbonyl (C=O) groups excluding carboxylic acids is 1. The molecule has 6 heteroatoms. The first-order valence-corrected chi connectivity index (χ1v) is 7.65. The second-order valence-corrected chi connectivity index (χ2v) is 5.69. The van der Waals surface area contributed by atoms with E-state index in [1.807, 2.05) is 11.8 Å². The van der Waals surface area contributed by atoms with Gasteiger partial charge in [0.15, 0.2) is 0 Å². The molecule has 3 heterocycles. The van der Waals surface area contributed by atoms with Crippen LogP contribution in [0.25, 0.3) is 0 Å². The molecule has 2 saturated heterocycles. The average molecular weight is 290 g/mol. The monoisotopic (exact) mass is 290 g/mol. The molecule has 21 heavy (non-hydrogen) atoms. The minimum Gasteiger partial charge on any atom is -0.378 e. The zero-order valence-corrected chi connectivity index (χ0v) is 12.5. The Hall–Kier alpha value is -1.69. The largest absolute Gasteiger partial charge is 0.378 e. The summed E-state index contributed by atoms with van der Waals surface area (Å²) in [5.41, 5.74) is 0.928. The van der Waals surface area contributed by atoms with Crippen LogP contribution >= 0.6 is 0 Å². The summed E-state index contributed by atoms with van der Waals surface area (Å²) in [6.07, 6.45) is 5.41. The Morgan fingerprint density at radius 1 is 1.24 bits per heavy atom. The number of carbonyl (C=O) groups is 1. The van der Waals surface area contributed by atoms with Crippen molar-refractivity contribution in [3.05, 3.63) is 18.1 Å². The van der Waals surface area contributed by atoms with Gasteiger partial charge in [0.2, 0.25) is 5.91 Å². The molecule has 3 rings (SSSR count). The van der Waals surface area contributed by atoms with Crippen LogP contribution in [0, 0.1) is 12.8 Å². The van der Waals surface area contributed by atoms with Crippen molar-refractivity contribution in [3.8, 4) is 0 Å². The summed E-state index contributed by atoms with van der Waals surface area (Å²) >= 11 is 0. The van der Waals surface area contributed by atoms with E-state index in [1.54, 1.807) is 12.4 Å². The molecule has 1 aromatic rings. The summed E-state index contributed by atoms with van der Waals surface area (Å²) < 4.78 is 5.32. The molecule has 1 amide bonds. The van der Waals surface area contributed by atoms with E-state index < -0.39 is 0 Å². The van der Waals surface area contributed by atoms with Crippen molar-refractivity contribution < 1.29 is 9.53 Å². The number of piperidine rings is 1. The van der Waals surface area contributed by atoms with Crippen molar-refractivity contribution in [2.75, 3.05) is 44.3 Å². The summed E-state index contributed by atoms with van der Waals surface area (Å²) in [6, 6.07) is 0. The van der Waals surface area contributed by atoms with Crippen molar-refractivity contribution in [3.63, 3.8) is 0 Å². The molecule has 0 N–H and O–H groups in total. The smallest absolute Gasteiger partial charge is 0.227 e. The Labute approximate surface area is 125 Å². The van der Waals surface area contributed by atoms with Gasteiger partial charge >= 0.3 is 0 Å². The van der Waals surface area contributed by atoms with Crippen molar-refractivity contribution in [2.45, 2.75) is 19.8 Å². The lowest BCUT2D eigenvalue weighted by molar-refractivity contribution is -0.139. The fraction of sp³-hybridized carbons (Fsp3) is 0.667. The lowest BCUT2D eigenvalue weighted by atomic mass is 9.96. The van der Waals surface area contributed by atoms with E-state index in [0.717, 1.165) is 50.5 Å². The quantitative estimate of drug-likeness (QED) is 0.808. The first kappa shape index (κ1) is 14.3. The second kappa shape index (κ2) is 6.39. The molecular weight excluding hydrogens is 268 g/mol. The third-order valence-electron chi connectivity index (χ3n) is 4.25. The van der Waals surface area contributed by atoms with Gasteiger partial charge in [0, 0.05) is 38.6 Å². The van der Waals surface area contributed by atoms with E-state index in [0.29, 0.717) is 13.2 Å². The Morgan fingerprint density at radius 3 is 2.76 bits per heavy atom. The van der Waals surface area contributed by atoms with Gasteiger partial charge in [-0.3, -0.25) is 9.78 Å². The lowest BCUT2D eigenvalue weighted by Gasteiger charge is -2.36. The summed E-state index contributed by atoms with van der Waals surface area (Å²) in [4.78, 5) is 25.5. The highest BCUT2D eigenvalue weighted by atomic mass is 16.5. The van der Waals surface area contributed by atoms with Gasteiger partial charge in [-0.1, -0.05) is 0 Å². The predicted octanol–water partition coefficient (Wildman–Crippen LogP) is 0.860. The van der Waals surface area contributed by atoms with Crippen LogP contribution in [0.4, 0.5) is 5.82 Å². The van der Waals surface area contributed by atoms with Crippen molar-refractivity contribution in [1.29, 1.82) is 0 Å². The van der Waals surface area contributed by atoms with E-state index in [1.165, 1.54) is 0 Å². The van der Waals surface area contributed by atoms with Gasteiger partial charge in [-0.2, -0.15) is 0 Å². The van der Waals surface area contributed by atoms with Crippen molar-refractivity contribution in [2.24, 2.45) is 5.92 Å². The van der Waals surface area contributed by atoms with Crippen molar-refractivity contribution in [1.82, 2.24) is 14.9 Å². The first-order valence-electron chi connectivity index (χ1n) is 7.65. The highest BCUT2D eigenvalue weighted by Gasteiger charge is 2.31. The normalized spacial score (nSPS) is 23.2. The highest BCUT2D eigenvalue weighted by Crippen LogP contribution is 2.24. The van der Waals surface area contributed by atoms with Crippen LogP contribution in [-0.2, 0) is 9.53 Å². The Balaban J connectivity index is 1.68. The van der Waals surface area contributed by atoms with Crippen LogP contribution in [0.1, 0.15) is 18.5 Å². The molecule has 1 aromatic heterocycles. The topological polar surface area (TPSA) is 58.6 Å². The van der Waals surface area contributed by atoms with Crippen molar-refractivity contribution >= 4 is 11.7 Å². The Morgan fingerprint density at radius 2 is 2.00 bits per heavy atom. The Kier molecular flexibility index (Phi) is 4.34. The van der Waals surface area contributed by atoms with Gasteiger partial charge in [-0.05, 0) is 19.8 Å². The number of morpholine rings is 1. The molecule has 0 bridgehead atoms. The van der Waals surface area contributed by atoms with Gasteiger partial charge in [0.1, 0.15) is 5.82 Å².